The molecule has 1 aliphatic rings. The van der Waals surface area contributed by atoms with E-state index in [1.165, 1.54) is 19.5 Å². The Labute approximate surface area is 127 Å². The molecule has 0 fully saturated rings. The number of nitro groups is 1. The topological polar surface area (TPSA) is 118 Å². The number of methoxy groups -OCH3 is 1. The second kappa shape index (κ2) is 6.52. The molecule has 0 bridgehead atoms. The number of allylic oxidation sites excluding steroid dienone is 1. The molecule has 8 heteroatoms. The van der Waals surface area contributed by atoms with Gasteiger partial charge in [-0.1, -0.05) is 6.92 Å². The molecule has 2 N–H and O–H groups in total. The van der Waals surface area contributed by atoms with Crippen molar-refractivity contribution in [3.63, 3.8) is 0 Å². The van der Waals surface area contributed by atoms with Crippen LogP contribution in [0, 0.1) is 16.0 Å². The Hall–Kier alpha value is -2.48. The van der Waals surface area contributed by atoms with Crippen LogP contribution in [0.15, 0.2) is 24.5 Å². The zero-order valence-electron chi connectivity index (χ0n) is 12.3. The van der Waals surface area contributed by atoms with Gasteiger partial charge < -0.3 is 15.2 Å². The minimum absolute atomic E-state index is 0.00196. The van der Waals surface area contributed by atoms with Gasteiger partial charge in [-0.3, -0.25) is 15.1 Å². The van der Waals surface area contributed by atoms with Gasteiger partial charge in [-0.25, -0.2) is 4.79 Å². The number of pyridine rings is 1. The van der Waals surface area contributed by atoms with E-state index < -0.39 is 17.1 Å². The number of primary amides is 1. The van der Waals surface area contributed by atoms with Gasteiger partial charge in [0.05, 0.1) is 10.5 Å². The Morgan fingerprint density at radius 3 is 2.86 bits per heavy atom. The zero-order valence-corrected chi connectivity index (χ0v) is 12.3. The highest BCUT2D eigenvalue weighted by Crippen LogP contribution is 2.36. The minimum atomic E-state index is -0.916. The Kier molecular flexibility index (Phi) is 4.71. The van der Waals surface area contributed by atoms with E-state index in [1.807, 2.05) is 6.92 Å². The van der Waals surface area contributed by atoms with Crippen molar-refractivity contribution in [3.05, 3.63) is 40.2 Å². The highest BCUT2D eigenvalue weighted by Gasteiger charge is 2.34. The number of nitrogens with zero attached hydrogens (tertiary/aromatic N) is 2. The number of amides is 1. The summed E-state index contributed by atoms with van der Waals surface area (Å²) in [4.78, 5) is 25.5. The van der Waals surface area contributed by atoms with E-state index in [2.05, 4.69) is 4.98 Å². The van der Waals surface area contributed by atoms with Crippen molar-refractivity contribution in [1.29, 1.82) is 0 Å². The van der Waals surface area contributed by atoms with Gasteiger partial charge in [0.25, 0.3) is 5.69 Å². The Balaban J connectivity index is 2.44. The number of nitrogens with two attached hydrogens (primary N) is 1. The van der Waals surface area contributed by atoms with Crippen LogP contribution in [0.1, 0.15) is 18.9 Å². The summed E-state index contributed by atoms with van der Waals surface area (Å²) in [6.45, 7) is 1.92. The van der Waals surface area contributed by atoms with Gasteiger partial charge >= 0.3 is 6.09 Å². The molecule has 1 amide bonds. The number of rotatable bonds is 4. The molecule has 8 nitrogen and oxygen atoms in total. The van der Waals surface area contributed by atoms with Gasteiger partial charge in [0.15, 0.2) is 0 Å². The average Bonchev–Trinajstić information content (AvgIpc) is 2.46. The molecule has 2 rings (SSSR count). The summed E-state index contributed by atoms with van der Waals surface area (Å²) in [6.07, 6.45) is 2.95. The van der Waals surface area contributed by atoms with E-state index in [1.54, 1.807) is 12.1 Å². The summed E-state index contributed by atoms with van der Waals surface area (Å²) in [7, 11) is 1.52. The van der Waals surface area contributed by atoms with E-state index in [-0.39, 0.29) is 17.7 Å². The molecule has 0 aliphatic heterocycles. The molecule has 0 unspecified atom stereocenters. The summed E-state index contributed by atoms with van der Waals surface area (Å²) in [5.74, 6) is 0.00196. The molecule has 1 aliphatic carbocycles. The number of aromatic nitrogens is 1. The van der Waals surface area contributed by atoms with Crippen LogP contribution in [-0.4, -0.2) is 35.3 Å². The van der Waals surface area contributed by atoms with Crippen molar-refractivity contribution >= 4 is 17.4 Å². The Morgan fingerprint density at radius 1 is 1.55 bits per heavy atom. The number of hydrogen-bond acceptors (Lipinski definition) is 6. The fourth-order valence-electron chi connectivity index (χ4n) is 2.75. The van der Waals surface area contributed by atoms with E-state index in [9.17, 15) is 14.9 Å². The second-order valence-corrected chi connectivity index (χ2v) is 5.13. The van der Waals surface area contributed by atoms with Crippen molar-refractivity contribution in [2.45, 2.75) is 25.6 Å². The lowest BCUT2D eigenvalue weighted by atomic mass is 9.83. The third-order valence-electron chi connectivity index (χ3n) is 3.66. The quantitative estimate of drug-likeness (QED) is 0.670. The largest absolute Gasteiger partial charge is 0.439 e. The Morgan fingerprint density at radius 2 is 2.27 bits per heavy atom. The lowest BCUT2D eigenvalue weighted by Gasteiger charge is -2.33. The second-order valence-electron chi connectivity index (χ2n) is 5.13. The summed E-state index contributed by atoms with van der Waals surface area (Å²) in [5, 5.41) is 11.1. The predicted octanol–water partition coefficient (Wildman–Crippen LogP) is 1.89. The number of carbonyl (C=O) groups excluding carboxylic acids is 1. The fourth-order valence-corrected chi connectivity index (χ4v) is 2.75. The maximum absolute atomic E-state index is 11.1. The molecular weight excluding hydrogens is 290 g/mol. The normalized spacial score (nSPS) is 24.5. The SMILES string of the molecule is CO[C@H]1[C@@H](C)CC(c2ccncc2[N+](=O)[O-])=C[C@H]1OC(N)=O. The maximum Gasteiger partial charge on any atom is 0.405 e. The van der Waals surface area contributed by atoms with Crippen molar-refractivity contribution in [3.8, 4) is 0 Å². The summed E-state index contributed by atoms with van der Waals surface area (Å²) in [6, 6.07) is 1.57. The third kappa shape index (κ3) is 3.22. The van der Waals surface area contributed by atoms with E-state index >= 15 is 0 Å². The van der Waals surface area contributed by atoms with Crippen LogP contribution < -0.4 is 5.73 Å². The van der Waals surface area contributed by atoms with Gasteiger partial charge in [-0.2, -0.15) is 0 Å². The standard InChI is InChI=1S/C14H17N3O5/c1-8-5-9(6-12(13(8)21-2)22-14(15)18)10-3-4-16-7-11(10)17(19)20/h3-4,6-8,12-13H,5H2,1-2H3,(H2,15,18)/t8-,12+,13-/m0/s1. The first-order chi connectivity index (χ1) is 10.4. The highest BCUT2D eigenvalue weighted by atomic mass is 16.6. The van der Waals surface area contributed by atoms with Crippen LogP contribution >= 0.6 is 0 Å². The molecule has 118 valence electrons. The summed E-state index contributed by atoms with van der Waals surface area (Å²) >= 11 is 0. The minimum Gasteiger partial charge on any atom is -0.439 e. The maximum atomic E-state index is 11.1. The zero-order chi connectivity index (χ0) is 16.3. The van der Waals surface area contributed by atoms with Gasteiger partial charge in [0, 0.05) is 13.3 Å². The molecule has 3 atom stereocenters. The van der Waals surface area contributed by atoms with Crippen LogP contribution in [0.4, 0.5) is 10.5 Å². The third-order valence-corrected chi connectivity index (χ3v) is 3.66. The lowest BCUT2D eigenvalue weighted by molar-refractivity contribution is -0.385. The molecule has 1 aromatic heterocycles. The van der Waals surface area contributed by atoms with Crippen molar-refractivity contribution in [1.82, 2.24) is 4.98 Å². The molecule has 0 spiro atoms. The molecule has 0 aromatic carbocycles. The van der Waals surface area contributed by atoms with Crippen LogP contribution in [-0.2, 0) is 9.47 Å². The summed E-state index contributed by atoms with van der Waals surface area (Å²) in [5.41, 5.74) is 6.16. The van der Waals surface area contributed by atoms with Crippen LogP contribution in [0.5, 0.6) is 0 Å². The first-order valence-corrected chi connectivity index (χ1v) is 6.72. The lowest BCUT2D eigenvalue weighted by Crippen LogP contribution is -2.40. The van der Waals surface area contributed by atoms with Gasteiger partial charge in [0.1, 0.15) is 18.4 Å². The van der Waals surface area contributed by atoms with Crippen molar-refractivity contribution in [2.75, 3.05) is 7.11 Å². The van der Waals surface area contributed by atoms with E-state index in [0.29, 0.717) is 17.6 Å². The number of carbonyl (C=O) groups is 1. The molecule has 0 saturated carbocycles. The molecule has 0 radical (unpaired) electrons. The first kappa shape index (κ1) is 15.9. The number of hydrogen-bond donors (Lipinski definition) is 1. The molecule has 0 saturated heterocycles. The Bertz CT molecular complexity index is 616. The highest BCUT2D eigenvalue weighted by molar-refractivity contribution is 5.74. The van der Waals surface area contributed by atoms with Crippen LogP contribution in [0.2, 0.25) is 0 Å². The smallest absolute Gasteiger partial charge is 0.405 e. The predicted molar refractivity (Wildman–Crippen MR) is 77.9 cm³/mol. The first-order valence-electron chi connectivity index (χ1n) is 6.72. The molecule has 22 heavy (non-hydrogen) atoms. The van der Waals surface area contributed by atoms with Gasteiger partial charge in [-0.15, -0.1) is 0 Å². The van der Waals surface area contributed by atoms with Gasteiger partial charge in [0.2, 0.25) is 0 Å². The fraction of sp³-hybridized carbons (Fsp3) is 0.429. The molecular formula is C14H17N3O5. The van der Waals surface area contributed by atoms with Gasteiger partial charge in [-0.05, 0) is 30.1 Å². The summed E-state index contributed by atoms with van der Waals surface area (Å²) < 4.78 is 10.4. The van der Waals surface area contributed by atoms with Crippen molar-refractivity contribution < 1.29 is 19.2 Å². The van der Waals surface area contributed by atoms with Crippen LogP contribution in [0.3, 0.4) is 0 Å². The van der Waals surface area contributed by atoms with E-state index in [4.69, 9.17) is 15.2 Å². The molecule has 1 heterocycles. The average molecular weight is 307 g/mol. The van der Waals surface area contributed by atoms with Crippen LogP contribution in [0.25, 0.3) is 5.57 Å². The molecule has 1 aromatic rings. The monoisotopic (exact) mass is 307 g/mol. The van der Waals surface area contributed by atoms with E-state index in [0.717, 1.165) is 0 Å². The number of ether oxygens (including phenoxy) is 2. The van der Waals surface area contributed by atoms with Crippen molar-refractivity contribution in [2.24, 2.45) is 11.7 Å².